The second-order valence-corrected chi connectivity index (χ2v) is 4.92. The van der Waals surface area contributed by atoms with Crippen LogP contribution in [0.25, 0.3) is 0 Å². The number of nitrogens with two attached hydrogens (primary N) is 1. The first-order chi connectivity index (χ1) is 9.90. The van der Waals surface area contributed by atoms with E-state index in [0.717, 1.165) is 5.56 Å². The van der Waals surface area contributed by atoms with E-state index in [1.807, 2.05) is 0 Å². The van der Waals surface area contributed by atoms with Gasteiger partial charge in [0.05, 0.1) is 0 Å². The molecule has 108 valence electrons. The number of phenols is 2. The van der Waals surface area contributed by atoms with Gasteiger partial charge in [0, 0.05) is 23.9 Å². The predicted molar refractivity (Wildman–Crippen MR) is 84.8 cm³/mol. The summed E-state index contributed by atoms with van der Waals surface area (Å²) in [5.41, 5.74) is 7.17. The van der Waals surface area contributed by atoms with E-state index in [1.165, 1.54) is 23.1 Å². The van der Waals surface area contributed by atoms with Gasteiger partial charge in [0.2, 0.25) is 0 Å². The minimum Gasteiger partial charge on any atom is -0.504 e. The summed E-state index contributed by atoms with van der Waals surface area (Å²) in [5, 5.41) is 18.7. The Hall–Kier alpha value is -2.60. The van der Waals surface area contributed by atoms with Crippen LogP contribution in [0.5, 0.6) is 11.5 Å². The van der Waals surface area contributed by atoms with Crippen LogP contribution < -0.4 is 10.6 Å². The molecule has 0 atom stereocenters. The molecule has 2 aromatic carbocycles. The van der Waals surface area contributed by atoms with Crippen LogP contribution >= 0.6 is 12.2 Å². The van der Waals surface area contributed by atoms with Crippen LogP contribution in [-0.4, -0.2) is 28.2 Å². The number of phenolic OH excluding ortho intramolecular Hbond substituents is 2. The number of anilines is 1. The van der Waals surface area contributed by atoms with Crippen LogP contribution in [0, 0.1) is 0 Å². The van der Waals surface area contributed by atoms with Gasteiger partial charge in [-0.25, -0.2) is 0 Å². The van der Waals surface area contributed by atoms with Gasteiger partial charge in [-0.15, -0.1) is 0 Å². The van der Waals surface area contributed by atoms with Gasteiger partial charge >= 0.3 is 0 Å². The highest BCUT2D eigenvalue weighted by molar-refractivity contribution is 7.80. The number of thiocarbonyl (C=S) groups is 1. The van der Waals surface area contributed by atoms with Crippen molar-refractivity contribution in [3.63, 3.8) is 0 Å². The molecule has 0 bridgehead atoms. The Bertz CT molecular complexity index is 699. The van der Waals surface area contributed by atoms with Crippen LogP contribution in [0.3, 0.4) is 0 Å². The number of benzene rings is 2. The Morgan fingerprint density at radius 3 is 2.14 bits per heavy atom. The van der Waals surface area contributed by atoms with E-state index >= 15 is 0 Å². The molecule has 2 aromatic rings. The molecular weight excluding hydrogens is 288 g/mol. The van der Waals surface area contributed by atoms with Crippen LogP contribution in [0.15, 0.2) is 42.5 Å². The zero-order valence-electron chi connectivity index (χ0n) is 11.3. The van der Waals surface area contributed by atoms with Gasteiger partial charge in [0.1, 0.15) is 4.99 Å². The molecule has 0 aliphatic carbocycles. The maximum absolute atomic E-state index is 12.3. The lowest BCUT2D eigenvalue weighted by Gasteiger charge is -2.18. The summed E-state index contributed by atoms with van der Waals surface area (Å²) in [7, 11) is 1.61. The summed E-state index contributed by atoms with van der Waals surface area (Å²) in [6.07, 6.45) is 0. The number of amides is 1. The smallest absolute Gasteiger partial charge is 0.258 e. The molecule has 0 aliphatic rings. The molecule has 0 aromatic heterocycles. The van der Waals surface area contributed by atoms with Crippen LogP contribution in [0.2, 0.25) is 0 Å². The molecule has 5 nitrogen and oxygen atoms in total. The number of aromatic hydroxyl groups is 2. The largest absolute Gasteiger partial charge is 0.504 e. The fourth-order valence-electron chi connectivity index (χ4n) is 1.82. The summed E-state index contributed by atoms with van der Waals surface area (Å²) in [6.45, 7) is 0. The van der Waals surface area contributed by atoms with E-state index in [9.17, 15) is 15.0 Å². The minimum absolute atomic E-state index is 0.269. The third kappa shape index (κ3) is 3.11. The lowest BCUT2D eigenvalue weighted by atomic mass is 10.1. The average Bonchev–Trinajstić information content (AvgIpc) is 2.48. The quantitative estimate of drug-likeness (QED) is 0.596. The molecule has 0 saturated carbocycles. The Morgan fingerprint density at radius 2 is 1.62 bits per heavy atom. The summed E-state index contributed by atoms with van der Waals surface area (Å²) >= 11 is 4.87. The highest BCUT2D eigenvalue weighted by Gasteiger charge is 2.15. The van der Waals surface area contributed by atoms with Crippen molar-refractivity contribution in [2.24, 2.45) is 5.73 Å². The first-order valence-electron chi connectivity index (χ1n) is 6.10. The molecule has 6 heteroatoms. The SMILES string of the molecule is CN(C(=O)c1ccc(O)c(O)c1)c1ccc(C(N)=S)cc1. The zero-order valence-corrected chi connectivity index (χ0v) is 12.1. The number of carbonyl (C=O) groups is 1. The Labute approximate surface area is 127 Å². The third-order valence-corrected chi connectivity index (χ3v) is 3.30. The van der Waals surface area contributed by atoms with Gasteiger partial charge < -0.3 is 20.8 Å². The van der Waals surface area contributed by atoms with Crippen LogP contribution in [0.1, 0.15) is 15.9 Å². The molecule has 0 aliphatic heterocycles. The minimum atomic E-state index is -0.335. The van der Waals surface area contributed by atoms with E-state index in [0.29, 0.717) is 10.7 Å². The highest BCUT2D eigenvalue weighted by Crippen LogP contribution is 2.26. The van der Waals surface area contributed by atoms with Gasteiger partial charge in [0.25, 0.3) is 5.91 Å². The monoisotopic (exact) mass is 302 g/mol. The van der Waals surface area contributed by atoms with E-state index < -0.39 is 0 Å². The van der Waals surface area contributed by atoms with Crippen molar-refractivity contribution >= 4 is 28.8 Å². The van der Waals surface area contributed by atoms with E-state index in [1.54, 1.807) is 31.3 Å². The molecular formula is C15H14N2O3S. The number of rotatable bonds is 3. The van der Waals surface area contributed by atoms with Crippen molar-refractivity contribution < 1.29 is 15.0 Å². The number of hydrogen-bond acceptors (Lipinski definition) is 4. The molecule has 0 fully saturated rings. The molecule has 0 heterocycles. The lowest BCUT2D eigenvalue weighted by molar-refractivity contribution is 0.0992. The normalized spacial score (nSPS) is 10.1. The molecule has 0 unspecified atom stereocenters. The fraction of sp³-hybridized carbons (Fsp3) is 0.0667. The summed E-state index contributed by atoms with van der Waals surface area (Å²) < 4.78 is 0. The topological polar surface area (TPSA) is 86.8 Å². The Balaban J connectivity index is 2.25. The molecule has 0 saturated heterocycles. The second-order valence-electron chi connectivity index (χ2n) is 4.48. The Kier molecular flexibility index (Phi) is 4.09. The first kappa shape index (κ1) is 14.8. The predicted octanol–water partition coefficient (Wildman–Crippen LogP) is 2.01. The lowest BCUT2D eigenvalue weighted by Crippen LogP contribution is -2.26. The molecule has 0 spiro atoms. The maximum atomic E-state index is 12.3. The standard InChI is InChI=1S/C15H14N2O3S/c1-17(11-5-2-9(3-6-11)14(16)21)15(20)10-4-7-12(18)13(19)8-10/h2-8,18-19H,1H3,(H2,16,21). The van der Waals surface area contributed by atoms with Gasteiger partial charge in [-0.3, -0.25) is 4.79 Å². The van der Waals surface area contributed by atoms with Crippen molar-refractivity contribution in [2.45, 2.75) is 0 Å². The van der Waals surface area contributed by atoms with Crippen molar-refractivity contribution in [1.82, 2.24) is 0 Å². The average molecular weight is 302 g/mol. The number of nitrogens with zero attached hydrogens (tertiary/aromatic N) is 1. The summed E-state index contributed by atoms with van der Waals surface area (Å²) in [5.74, 6) is -0.915. The van der Waals surface area contributed by atoms with Crippen molar-refractivity contribution in [2.75, 3.05) is 11.9 Å². The highest BCUT2D eigenvalue weighted by atomic mass is 32.1. The van der Waals surface area contributed by atoms with Gasteiger partial charge in [-0.1, -0.05) is 12.2 Å². The second kappa shape index (κ2) is 5.80. The van der Waals surface area contributed by atoms with Gasteiger partial charge in [-0.05, 0) is 42.5 Å². The van der Waals surface area contributed by atoms with Crippen molar-refractivity contribution in [1.29, 1.82) is 0 Å². The number of carbonyl (C=O) groups excluding carboxylic acids is 1. The van der Waals surface area contributed by atoms with Gasteiger partial charge in [0.15, 0.2) is 11.5 Å². The van der Waals surface area contributed by atoms with Crippen LogP contribution in [0.4, 0.5) is 5.69 Å². The summed E-state index contributed by atoms with van der Waals surface area (Å²) in [4.78, 5) is 14.0. The van der Waals surface area contributed by atoms with E-state index in [2.05, 4.69) is 0 Å². The zero-order chi connectivity index (χ0) is 15.6. The van der Waals surface area contributed by atoms with E-state index in [-0.39, 0.29) is 23.0 Å². The molecule has 21 heavy (non-hydrogen) atoms. The van der Waals surface area contributed by atoms with Gasteiger partial charge in [-0.2, -0.15) is 0 Å². The Morgan fingerprint density at radius 1 is 1.05 bits per heavy atom. The fourth-order valence-corrected chi connectivity index (χ4v) is 1.95. The van der Waals surface area contributed by atoms with Crippen molar-refractivity contribution in [3.05, 3.63) is 53.6 Å². The first-order valence-corrected chi connectivity index (χ1v) is 6.51. The third-order valence-electron chi connectivity index (χ3n) is 3.07. The number of hydrogen-bond donors (Lipinski definition) is 3. The van der Waals surface area contributed by atoms with E-state index in [4.69, 9.17) is 18.0 Å². The molecule has 1 amide bonds. The molecule has 4 N–H and O–H groups in total. The van der Waals surface area contributed by atoms with Crippen molar-refractivity contribution in [3.8, 4) is 11.5 Å². The maximum Gasteiger partial charge on any atom is 0.258 e. The summed E-state index contributed by atoms with van der Waals surface area (Å²) in [6, 6.07) is 10.9. The molecule has 0 radical (unpaired) electrons. The van der Waals surface area contributed by atoms with Crippen LogP contribution in [-0.2, 0) is 0 Å². The molecule has 2 rings (SSSR count).